The van der Waals surface area contributed by atoms with Crippen LogP contribution in [0.2, 0.25) is 0 Å². The van der Waals surface area contributed by atoms with Gasteiger partial charge in [0.2, 0.25) is 0 Å². The third-order valence-corrected chi connectivity index (χ3v) is 4.12. The highest BCUT2D eigenvalue weighted by Crippen LogP contribution is 2.26. The van der Waals surface area contributed by atoms with E-state index in [9.17, 15) is 0 Å². The van der Waals surface area contributed by atoms with Crippen molar-refractivity contribution >= 4 is 0 Å². The van der Waals surface area contributed by atoms with Crippen LogP contribution in [0.25, 0.3) is 0 Å². The van der Waals surface area contributed by atoms with E-state index in [1.165, 1.54) is 24.9 Å². The average Bonchev–Trinajstić information content (AvgIpc) is 2.50. The fraction of sp³-hybridized carbons (Fsp3) is 0.625. The van der Waals surface area contributed by atoms with Crippen LogP contribution in [0.15, 0.2) is 24.3 Å². The zero-order chi connectivity index (χ0) is 12.9. The first-order valence-electron chi connectivity index (χ1n) is 7.47. The molecule has 3 heteroatoms. The summed E-state index contributed by atoms with van der Waals surface area (Å²) in [6, 6.07) is 8.71. The van der Waals surface area contributed by atoms with Gasteiger partial charge >= 0.3 is 0 Å². The molecule has 0 aromatic heterocycles. The Hall–Kier alpha value is -1.06. The molecule has 3 rings (SSSR count). The van der Waals surface area contributed by atoms with Crippen molar-refractivity contribution in [2.24, 2.45) is 0 Å². The number of ether oxygens (including phenoxy) is 2. The molecule has 1 atom stereocenters. The van der Waals surface area contributed by atoms with Crippen LogP contribution < -0.4 is 10.1 Å². The van der Waals surface area contributed by atoms with Crippen LogP contribution in [-0.4, -0.2) is 32.4 Å². The van der Waals surface area contributed by atoms with Gasteiger partial charge in [0.15, 0.2) is 0 Å². The molecule has 1 unspecified atom stereocenters. The van der Waals surface area contributed by atoms with Gasteiger partial charge in [-0.3, -0.25) is 0 Å². The maximum atomic E-state index is 6.00. The van der Waals surface area contributed by atoms with E-state index < -0.39 is 0 Å². The van der Waals surface area contributed by atoms with E-state index in [-0.39, 0.29) is 0 Å². The predicted octanol–water partition coefficient (Wildman–Crippen LogP) is 2.71. The maximum absolute atomic E-state index is 6.00. The lowest BCUT2D eigenvalue weighted by atomic mass is 9.92. The Morgan fingerprint density at radius 1 is 1.05 bits per heavy atom. The van der Waals surface area contributed by atoms with Crippen LogP contribution in [0.3, 0.4) is 0 Å². The van der Waals surface area contributed by atoms with Crippen LogP contribution >= 0.6 is 0 Å². The Bertz CT molecular complexity index is 378. The first-order chi connectivity index (χ1) is 9.42. The Morgan fingerprint density at radius 3 is 2.53 bits per heavy atom. The van der Waals surface area contributed by atoms with Crippen molar-refractivity contribution in [2.45, 2.75) is 37.7 Å². The van der Waals surface area contributed by atoms with E-state index in [1.807, 2.05) is 0 Å². The third kappa shape index (κ3) is 3.48. The average molecular weight is 261 g/mol. The van der Waals surface area contributed by atoms with Gasteiger partial charge in [-0.25, -0.2) is 0 Å². The molecule has 2 aliphatic rings. The summed E-state index contributed by atoms with van der Waals surface area (Å²) in [4.78, 5) is 0. The molecule has 104 valence electrons. The standard InChI is InChI=1S/C16H23NO2/c1-2-14(12-17-9-1)13-3-5-15(6-4-13)19-16-7-10-18-11-8-16/h3-6,14,16-17H,1-2,7-12H2. The molecule has 2 fully saturated rings. The lowest BCUT2D eigenvalue weighted by Crippen LogP contribution is -2.28. The molecule has 2 heterocycles. The van der Waals surface area contributed by atoms with E-state index >= 15 is 0 Å². The van der Waals surface area contributed by atoms with Crippen molar-refractivity contribution < 1.29 is 9.47 Å². The summed E-state index contributed by atoms with van der Waals surface area (Å²) < 4.78 is 11.4. The lowest BCUT2D eigenvalue weighted by Gasteiger charge is -2.25. The zero-order valence-corrected chi connectivity index (χ0v) is 11.4. The Morgan fingerprint density at radius 2 is 1.84 bits per heavy atom. The van der Waals surface area contributed by atoms with Gasteiger partial charge < -0.3 is 14.8 Å². The normalized spacial score (nSPS) is 25.2. The zero-order valence-electron chi connectivity index (χ0n) is 11.4. The van der Waals surface area contributed by atoms with Gasteiger partial charge in [-0.15, -0.1) is 0 Å². The second kappa shape index (κ2) is 6.40. The Balaban J connectivity index is 1.58. The van der Waals surface area contributed by atoms with Crippen LogP contribution in [0.5, 0.6) is 5.75 Å². The molecule has 1 aromatic rings. The molecular formula is C16H23NO2. The maximum Gasteiger partial charge on any atom is 0.119 e. The number of piperidine rings is 1. The molecule has 3 nitrogen and oxygen atoms in total. The van der Waals surface area contributed by atoms with Gasteiger partial charge in [0.05, 0.1) is 13.2 Å². The summed E-state index contributed by atoms with van der Waals surface area (Å²) in [6.45, 7) is 3.94. The van der Waals surface area contributed by atoms with Crippen LogP contribution in [0.4, 0.5) is 0 Å². The van der Waals surface area contributed by atoms with E-state index in [0.717, 1.165) is 38.3 Å². The molecule has 0 saturated carbocycles. The second-order valence-electron chi connectivity index (χ2n) is 5.54. The summed E-state index contributed by atoms with van der Waals surface area (Å²) in [5.41, 5.74) is 1.44. The minimum absolute atomic E-state index is 0.330. The summed E-state index contributed by atoms with van der Waals surface area (Å²) in [5, 5.41) is 3.47. The summed E-state index contributed by atoms with van der Waals surface area (Å²) in [5.74, 6) is 1.67. The smallest absolute Gasteiger partial charge is 0.119 e. The van der Waals surface area contributed by atoms with Crippen molar-refractivity contribution in [1.29, 1.82) is 0 Å². The Kier molecular flexibility index (Phi) is 4.36. The van der Waals surface area contributed by atoms with Gasteiger partial charge in [-0.05, 0) is 43.0 Å². The van der Waals surface area contributed by atoms with E-state index in [1.54, 1.807) is 0 Å². The molecule has 0 amide bonds. The molecule has 1 N–H and O–H groups in total. The molecule has 0 radical (unpaired) electrons. The van der Waals surface area contributed by atoms with Gasteiger partial charge in [0.1, 0.15) is 11.9 Å². The lowest BCUT2D eigenvalue weighted by molar-refractivity contribution is 0.0255. The highest BCUT2D eigenvalue weighted by atomic mass is 16.5. The molecular weight excluding hydrogens is 238 g/mol. The van der Waals surface area contributed by atoms with E-state index in [0.29, 0.717) is 12.0 Å². The fourth-order valence-electron chi connectivity index (χ4n) is 2.94. The summed E-state index contributed by atoms with van der Waals surface area (Å²) >= 11 is 0. The molecule has 0 bridgehead atoms. The minimum atomic E-state index is 0.330. The number of nitrogens with one attached hydrogen (secondary N) is 1. The number of hydrogen-bond donors (Lipinski definition) is 1. The van der Waals surface area contributed by atoms with Gasteiger partial charge in [-0.1, -0.05) is 12.1 Å². The van der Waals surface area contributed by atoms with Crippen molar-refractivity contribution in [3.05, 3.63) is 29.8 Å². The van der Waals surface area contributed by atoms with Crippen molar-refractivity contribution in [2.75, 3.05) is 26.3 Å². The van der Waals surface area contributed by atoms with Gasteiger partial charge in [0.25, 0.3) is 0 Å². The fourth-order valence-corrected chi connectivity index (χ4v) is 2.94. The van der Waals surface area contributed by atoms with E-state index in [2.05, 4.69) is 29.6 Å². The minimum Gasteiger partial charge on any atom is -0.490 e. The first-order valence-corrected chi connectivity index (χ1v) is 7.47. The predicted molar refractivity (Wildman–Crippen MR) is 75.8 cm³/mol. The van der Waals surface area contributed by atoms with Crippen molar-refractivity contribution in [3.8, 4) is 5.75 Å². The summed E-state index contributed by atoms with van der Waals surface area (Å²) in [6.07, 6.45) is 4.93. The van der Waals surface area contributed by atoms with E-state index in [4.69, 9.17) is 9.47 Å². The number of benzene rings is 1. The van der Waals surface area contributed by atoms with Gasteiger partial charge in [-0.2, -0.15) is 0 Å². The largest absolute Gasteiger partial charge is 0.490 e. The molecule has 0 spiro atoms. The third-order valence-electron chi connectivity index (χ3n) is 4.12. The molecule has 0 aliphatic carbocycles. The van der Waals surface area contributed by atoms with Crippen molar-refractivity contribution in [1.82, 2.24) is 5.32 Å². The van der Waals surface area contributed by atoms with Crippen LogP contribution in [0.1, 0.15) is 37.2 Å². The highest BCUT2D eigenvalue weighted by molar-refractivity contribution is 5.30. The number of rotatable bonds is 3. The molecule has 19 heavy (non-hydrogen) atoms. The summed E-state index contributed by atoms with van der Waals surface area (Å²) in [7, 11) is 0. The second-order valence-corrected chi connectivity index (χ2v) is 5.54. The Labute approximate surface area is 115 Å². The first kappa shape index (κ1) is 12.9. The van der Waals surface area contributed by atoms with Crippen LogP contribution in [0, 0.1) is 0 Å². The molecule has 1 aromatic carbocycles. The topological polar surface area (TPSA) is 30.5 Å². The van der Waals surface area contributed by atoms with Gasteiger partial charge in [0, 0.05) is 19.4 Å². The highest BCUT2D eigenvalue weighted by Gasteiger charge is 2.17. The quantitative estimate of drug-likeness (QED) is 0.907. The van der Waals surface area contributed by atoms with Crippen LogP contribution in [-0.2, 0) is 4.74 Å². The van der Waals surface area contributed by atoms with Crippen molar-refractivity contribution in [3.63, 3.8) is 0 Å². The SMILES string of the molecule is c1cc(C2CCCNC2)ccc1OC1CCOCC1. The monoisotopic (exact) mass is 261 g/mol. The molecule has 2 saturated heterocycles. The molecule has 2 aliphatic heterocycles. The number of hydrogen-bond acceptors (Lipinski definition) is 3.